The normalized spacial score (nSPS) is 26.7. The monoisotopic (exact) mass is 212 g/mol. The third-order valence-electron chi connectivity index (χ3n) is 2.27. The van der Waals surface area contributed by atoms with Crippen molar-refractivity contribution >= 4 is 0 Å². The van der Waals surface area contributed by atoms with Gasteiger partial charge in [0.2, 0.25) is 0 Å². The molecule has 2 unspecified atom stereocenters. The standard InChI is InChI=1S/C10H16N2O3/c1-8-4-11-5-10(14-8)7-13-6-9-2-3-12-15-9/h2-3,8,10-11H,4-7H2,1H3. The first-order chi connectivity index (χ1) is 7.34. The molecule has 1 saturated heterocycles. The van der Waals surface area contributed by atoms with E-state index in [0.29, 0.717) is 13.2 Å². The molecule has 1 fully saturated rings. The molecule has 5 nitrogen and oxygen atoms in total. The quantitative estimate of drug-likeness (QED) is 0.790. The molecular formula is C10H16N2O3. The van der Waals surface area contributed by atoms with Gasteiger partial charge in [0.1, 0.15) is 6.61 Å². The smallest absolute Gasteiger partial charge is 0.162 e. The maximum atomic E-state index is 5.67. The number of nitrogens with zero attached hydrogens (tertiary/aromatic N) is 1. The van der Waals surface area contributed by atoms with Crippen LogP contribution < -0.4 is 5.32 Å². The second kappa shape index (κ2) is 5.25. The molecule has 1 aromatic heterocycles. The van der Waals surface area contributed by atoms with Gasteiger partial charge in [-0.3, -0.25) is 0 Å². The Labute approximate surface area is 88.7 Å². The highest BCUT2D eigenvalue weighted by Gasteiger charge is 2.18. The Morgan fingerprint density at radius 3 is 3.27 bits per heavy atom. The molecule has 0 radical (unpaired) electrons. The zero-order valence-electron chi connectivity index (χ0n) is 8.81. The average Bonchev–Trinajstić information content (AvgIpc) is 2.71. The molecule has 2 heterocycles. The Bertz CT molecular complexity index is 276. The maximum absolute atomic E-state index is 5.67. The summed E-state index contributed by atoms with van der Waals surface area (Å²) in [4.78, 5) is 0. The van der Waals surface area contributed by atoms with Gasteiger partial charge in [0.05, 0.1) is 25.0 Å². The fourth-order valence-corrected chi connectivity index (χ4v) is 1.58. The van der Waals surface area contributed by atoms with E-state index < -0.39 is 0 Å². The van der Waals surface area contributed by atoms with Gasteiger partial charge in [0, 0.05) is 19.2 Å². The van der Waals surface area contributed by atoms with Gasteiger partial charge in [-0.25, -0.2) is 0 Å². The topological polar surface area (TPSA) is 56.5 Å². The summed E-state index contributed by atoms with van der Waals surface area (Å²) in [6.45, 7) is 4.85. The van der Waals surface area contributed by atoms with E-state index in [0.717, 1.165) is 18.8 Å². The fourth-order valence-electron chi connectivity index (χ4n) is 1.58. The highest BCUT2D eigenvalue weighted by molar-refractivity contribution is 4.90. The fraction of sp³-hybridized carbons (Fsp3) is 0.700. The van der Waals surface area contributed by atoms with E-state index in [2.05, 4.69) is 17.4 Å². The zero-order chi connectivity index (χ0) is 10.5. The number of rotatable bonds is 4. The number of nitrogens with one attached hydrogen (secondary N) is 1. The minimum Gasteiger partial charge on any atom is -0.371 e. The van der Waals surface area contributed by atoms with E-state index in [4.69, 9.17) is 14.0 Å². The van der Waals surface area contributed by atoms with E-state index in [1.165, 1.54) is 0 Å². The van der Waals surface area contributed by atoms with Gasteiger partial charge in [-0.1, -0.05) is 5.16 Å². The van der Waals surface area contributed by atoms with Crippen LogP contribution in [0.15, 0.2) is 16.8 Å². The average molecular weight is 212 g/mol. The lowest BCUT2D eigenvalue weighted by atomic mass is 10.2. The van der Waals surface area contributed by atoms with Crippen molar-refractivity contribution in [3.63, 3.8) is 0 Å². The number of morpholine rings is 1. The van der Waals surface area contributed by atoms with Crippen LogP contribution in [-0.2, 0) is 16.1 Å². The molecule has 0 amide bonds. The third-order valence-corrected chi connectivity index (χ3v) is 2.27. The first-order valence-electron chi connectivity index (χ1n) is 5.18. The summed E-state index contributed by atoms with van der Waals surface area (Å²) >= 11 is 0. The van der Waals surface area contributed by atoms with E-state index >= 15 is 0 Å². The summed E-state index contributed by atoms with van der Waals surface area (Å²) < 4.78 is 16.1. The zero-order valence-corrected chi connectivity index (χ0v) is 8.81. The predicted octanol–water partition coefficient (Wildman–Crippen LogP) is 0.568. The van der Waals surface area contributed by atoms with Gasteiger partial charge in [0.15, 0.2) is 5.76 Å². The molecule has 2 atom stereocenters. The van der Waals surface area contributed by atoms with Crippen molar-refractivity contribution in [1.29, 1.82) is 0 Å². The molecular weight excluding hydrogens is 196 g/mol. The highest BCUT2D eigenvalue weighted by atomic mass is 16.5. The van der Waals surface area contributed by atoms with Crippen LogP contribution in [0, 0.1) is 0 Å². The Hall–Kier alpha value is -0.910. The molecule has 1 aromatic rings. The van der Waals surface area contributed by atoms with Crippen LogP contribution in [0.1, 0.15) is 12.7 Å². The van der Waals surface area contributed by atoms with Crippen molar-refractivity contribution in [3.05, 3.63) is 18.0 Å². The summed E-state index contributed by atoms with van der Waals surface area (Å²) in [5.41, 5.74) is 0. The SMILES string of the molecule is CC1CNCC(COCc2ccno2)O1. The van der Waals surface area contributed by atoms with Crippen LogP contribution in [0.4, 0.5) is 0 Å². The van der Waals surface area contributed by atoms with Crippen molar-refractivity contribution in [1.82, 2.24) is 10.5 Å². The molecule has 1 aliphatic heterocycles. The minimum atomic E-state index is 0.136. The first-order valence-corrected chi connectivity index (χ1v) is 5.18. The van der Waals surface area contributed by atoms with Gasteiger partial charge in [-0.2, -0.15) is 0 Å². The Morgan fingerprint density at radius 1 is 1.60 bits per heavy atom. The van der Waals surface area contributed by atoms with Crippen LogP contribution in [0.3, 0.4) is 0 Å². The minimum absolute atomic E-state index is 0.136. The van der Waals surface area contributed by atoms with Crippen molar-refractivity contribution in [3.8, 4) is 0 Å². The number of hydrogen-bond donors (Lipinski definition) is 1. The van der Waals surface area contributed by atoms with E-state index in [1.807, 2.05) is 0 Å². The summed E-state index contributed by atoms with van der Waals surface area (Å²) in [5.74, 6) is 0.742. The lowest BCUT2D eigenvalue weighted by molar-refractivity contribution is -0.0736. The maximum Gasteiger partial charge on any atom is 0.162 e. The van der Waals surface area contributed by atoms with Gasteiger partial charge in [-0.15, -0.1) is 0 Å². The molecule has 84 valence electrons. The van der Waals surface area contributed by atoms with E-state index in [1.54, 1.807) is 12.3 Å². The molecule has 0 spiro atoms. The summed E-state index contributed by atoms with van der Waals surface area (Å²) in [7, 11) is 0. The first kappa shape index (κ1) is 10.6. The van der Waals surface area contributed by atoms with Crippen molar-refractivity contribution in [2.45, 2.75) is 25.7 Å². The second-order valence-corrected chi connectivity index (χ2v) is 3.72. The van der Waals surface area contributed by atoms with Crippen molar-refractivity contribution in [2.75, 3.05) is 19.7 Å². The lowest BCUT2D eigenvalue weighted by Crippen LogP contribution is -2.45. The summed E-state index contributed by atoms with van der Waals surface area (Å²) in [6.07, 6.45) is 2.01. The number of aromatic nitrogens is 1. The molecule has 0 aliphatic carbocycles. The van der Waals surface area contributed by atoms with Crippen molar-refractivity contribution < 1.29 is 14.0 Å². The van der Waals surface area contributed by atoms with Crippen LogP contribution in [0.25, 0.3) is 0 Å². The van der Waals surface area contributed by atoms with Crippen LogP contribution >= 0.6 is 0 Å². The number of hydrogen-bond acceptors (Lipinski definition) is 5. The molecule has 2 rings (SSSR count). The third kappa shape index (κ3) is 3.30. The largest absolute Gasteiger partial charge is 0.371 e. The summed E-state index contributed by atoms with van der Waals surface area (Å²) in [6, 6.07) is 1.79. The molecule has 1 N–H and O–H groups in total. The Kier molecular flexibility index (Phi) is 3.71. The molecule has 0 bridgehead atoms. The molecule has 1 aliphatic rings. The van der Waals surface area contributed by atoms with E-state index in [-0.39, 0.29) is 12.2 Å². The van der Waals surface area contributed by atoms with Gasteiger partial charge < -0.3 is 19.3 Å². The highest BCUT2D eigenvalue weighted by Crippen LogP contribution is 2.05. The molecule has 0 aromatic carbocycles. The second-order valence-electron chi connectivity index (χ2n) is 3.72. The van der Waals surface area contributed by atoms with Crippen molar-refractivity contribution in [2.24, 2.45) is 0 Å². The molecule has 0 saturated carbocycles. The Morgan fingerprint density at radius 2 is 2.53 bits per heavy atom. The Balaban J connectivity index is 1.65. The summed E-state index contributed by atoms with van der Waals surface area (Å²) in [5, 5.41) is 6.89. The van der Waals surface area contributed by atoms with Crippen LogP contribution in [0.2, 0.25) is 0 Å². The van der Waals surface area contributed by atoms with Gasteiger partial charge >= 0.3 is 0 Å². The van der Waals surface area contributed by atoms with Crippen LogP contribution in [0.5, 0.6) is 0 Å². The lowest BCUT2D eigenvalue weighted by Gasteiger charge is -2.28. The van der Waals surface area contributed by atoms with Crippen LogP contribution in [-0.4, -0.2) is 37.1 Å². The van der Waals surface area contributed by atoms with Gasteiger partial charge in [0.25, 0.3) is 0 Å². The predicted molar refractivity (Wildman–Crippen MR) is 53.4 cm³/mol. The van der Waals surface area contributed by atoms with E-state index in [9.17, 15) is 0 Å². The number of ether oxygens (including phenoxy) is 2. The molecule has 5 heteroatoms. The van der Waals surface area contributed by atoms with Gasteiger partial charge in [-0.05, 0) is 6.92 Å². The molecule has 15 heavy (non-hydrogen) atoms.